The molecule has 2 nitrogen and oxygen atoms in total. The maximum atomic E-state index is 11.4. The second-order valence-corrected chi connectivity index (χ2v) is 7.42. The third-order valence-corrected chi connectivity index (χ3v) is 6.19. The second-order valence-electron chi connectivity index (χ2n) is 5.57. The van der Waals surface area contributed by atoms with Crippen LogP contribution in [0.1, 0.15) is 43.9 Å². The number of halogens is 1. The highest BCUT2D eigenvalue weighted by Crippen LogP contribution is 2.39. The smallest absolute Gasteiger partial charge is 0.306 e. The lowest BCUT2D eigenvalue weighted by Gasteiger charge is -2.34. The predicted octanol–water partition coefficient (Wildman–Crippen LogP) is 4.97. The molecule has 3 unspecified atom stereocenters. The van der Waals surface area contributed by atoms with E-state index < -0.39 is 5.97 Å². The number of hydrogen-bond donors (Lipinski definition) is 1. The SMILES string of the molecule is CCCC1CCC(C(=O)O)C(Cc2sccc2Br)C1. The number of thiophene rings is 1. The fraction of sp³-hybridized carbons (Fsp3) is 0.667. The van der Waals surface area contributed by atoms with Crippen molar-refractivity contribution in [2.75, 3.05) is 0 Å². The fourth-order valence-corrected chi connectivity index (χ4v) is 4.90. The lowest BCUT2D eigenvalue weighted by Crippen LogP contribution is -2.32. The second kappa shape index (κ2) is 6.89. The third kappa shape index (κ3) is 3.82. The Balaban J connectivity index is 2.07. The van der Waals surface area contributed by atoms with Crippen molar-refractivity contribution in [3.8, 4) is 0 Å². The van der Waals surface area contributed by atoms with E-state index in [0.717, 1.165) is 36.1 Å². The number of carboxylic acid groups (broad SMARTS) is 1. The first-order chi connectivity index (χ1) is 9.11. The van der Waals surface area contributed by atoms with Gasteiger partial charge in [0.2, 0.25) is 0 Å². The van der Waals surface area contributed by atoms with Gasteiger partial charge < -0.3 is 5.11 Å². The molecule has 0 saturated heterocycles. The molecule has 1 aliphatic rings. The summed E-state index contributed by atoms with van der Waals surface area (Å²) in [6.07, 6.45) is 6.39. The monoisotopic (exact) mass is 344 g/mol. The van der Waals surface area contributed by atoms with Crippen molar-refractivity contribution in [1.82, 2.24) is 0 Å². The Morgan fingerprint density at radius 2 is 2.32 bits per heavy atom. The molecule has 4 heteroatoms. The highest BCUT2D eigenvalue weighted by Gasteiger charge is 2.35. The molecule has 2 rings (SSSR count). The Kier molecular flexibility index (Phi) is 5.46. The molecular weight excluding hydrogens is 324 g/mol. The Morgan fingerprint density at radius 1 is 1.53 bits per heavy atom. The minimum absolute atomic E-state index is 0.151. The van der Waals surface area contributed by atoms with Crippen LogP contribution in [-0.4, -0.2) is 11.1 Å². The Morgan fingerprint density at radius 3 is 2.89 bits per heavy atom. The average Bonchev–Trinajstić information content (AvgIpc) is 2.75. The van der Waals surface area contributed by atoms with Gasteiger partial charge in [0, 0.05) is 9.35 Å². The van der Waals surface area contributed by atoms with Crippen LogP contribution in [0.15, 0.2) is 15.9 Å². The average molecular weight is 345 g/mol. The summed E-state index contributed by atoms with van der Waals surface area (Å²) in [7, 11) is 0. The summed E-state index contributed by atoms with van der Waals surface area (Å²) < 4.78 is 1.14. The minimum Gasteiger partial charge on any atom is -0.481 e. The van der Waals surface area contributed by atoms with Crippen molar-refractivity contribution >= 4 is 33.2 Å². The molecule has 0 spiro atoms. The summed E-state index contributed by atoms with van der Waals surface area (Å²) in [6.45, 7) is 2.22. The van der Waals surface area contributed by atoms with Crippen molar-refractivity contribution in [2.24, 2.45) is 17.8 Å². The van der Waals surface area contributed by atoms with Crippen molar-refractivity contribution in [1.29, 1.82) is 0 Å². The van der Waals surface area contributed by atoms with Crippen LogP contribution in [0.5, 0.6) is 0 Å². The van der Waals surface area contributed by atoms with Gasteiger partial charge in [-0.2, -0.15) is 0 Å². The first-order valence-electron chi connectivity index (χ1n) is 7.06. The summed E-state index contributed by atoms with van der Waals surface area (Å²) >= 11 is 5.29. The molecule has 0 aromatic carbocycles. The molecule has 1 fully saturated rings. The Hall–Kier alpha value is -0.350. The molecule has 0 amide bonds. The van der Waals surface area contributed by atoms with Crippen molar-refractivity contribution in [2.45, 2.75) is 45.4 Å². The largest absolute Gasteiger partial charge is 0.481 e. The van der Waals surface area contributed by atoms with E-state index in [1.54, 1.807) is 11.3 Å². The van der Waals surface area contributed by atoms with Crippen molar-refractivity contribution in [3.63, 3.8) is 0 Å². The highest BCUT2D eigenvalue weighted by atomic mass is 79.9. The van der Waals surface area contributed by atoms with Gasteiger partial charge >= 0.3 is 5.97 Å². The highest BCUT2D eigenvalue weighted by molar-refractivity contribution is 9.10. The number of hydrogen-bond acceptors (Lipinski definition) is 2. The molecule has 0 bridgehead atoms. The van der Waals surface area contributed by atoms with Crippen LogP contribution in [-0.2, 0) is 11.2 Å². The molecule has 3 atom stereocenters. The summed E-state index contributed by atoms with van der Waals surface area (Å²) in [6, 6.07) is 2.06. The van der Waals surface area contributed by atoms with Gasteiger partial charge in [0.15, 0.2) is 0 Å². The van der Waals surface area contributed by atoms with Gasteiger partial charge in [-0.05, 0) is 64.9 Å². The van der Waals surface area contributed by atoms with Crippen LogP contribution in [0, 0.1) is 17.8 Å². The summed E-state index contributed by atoms with van der Waals surface area (Å²) in [4.78, 5) is 12.7. The molecule has 19 heavy (non-hydrogen) atoms. The molecule has 1 saturated carbocycles. The van der Waals surface area contributed by atoms with Gasteiger partial charge in [0.05, 0.1) is 5.92 Å². The van der Waals surface area contributed by atoms with Gasteiger partial charge in [-0.3, -0.25) is 4.79 Å². The molecule has 106 valence electrons. The zero-order chi connectivity index (χ0) is 13.8. The normalized spacial score (nSPS) is 27.4. The first-order valence-corrected chi connectivity index (χ1v) is 8.73. The lowest BCUT2D eigenvalue weighted by molar-refractivity contribution is -0.145. The molecule has 1 aromatic heterocycles. The predicted molar refractivity (Wildman–Crippen MR) is 82.6 cm³/mol. The van der Waals surface area contributed by atoms with Gasteiger partial charge in [-0.15, -0.1) is 11.3 Å². The topological polar surface area (TPSA) is 37.3 Å². The van der Waals surface area contributed by atoms with E-state index in [9.17, 15) is 9.90 Å². The lowest BCUT2D eigenvalue weighted by atomic mass is 9.71. The Bertz CT molecular complexity index is 430. The first kappa shape index (κ1) is 15.0. The quantitative estimate of drug-likeness (QED) is 0.818. The zero-order valence-electron chi connectivity index (χ0n) is 11.3. The summed E-state index contributed by atoms with van der Waals surface area (Å²) in [5.74, 6) is 0.275. The number of rotatable bonds is 5. The molecule has 0 radical (unpaired) electrons. The van der Waals surface area contributed by atoms with Crippen LogP contribution in [0.2, 0.25) is 0 Å². The standard InChI is InChI=1S/C15H21BrO2S/c1-2-3-10-4-5-12(15(17)18)11(8-10)9-14-13(16)6-7-19-14/h6-7,10-12H,2-5,8-9H2,1H3,(H,17,18). The van der Waals surface area contributed by atoms with E-state index in [0.29, 0.717) is 5.92 Å². The van der Waals surface area contributed by atoms with Crippen LogP contribution >= 0.6 is 27.3 Å². The fourth-order valence-electron chi connectivity index (χ4n) is 3.29. The number of aliphatic carboxylic acids is 1. The van der Waals surface area contributed by atoms with E-state index >= 15 is 0 Å². The molecule has 1 aromatic rings. The Labute approximate surface area is 127 Å². The number of carboxylic acids is 1. The molecule has 1 heterocycles. The molecule has 1 N–H and O–H groups in total. The van der Waals surface area contributed by atoms with E-state index in [1.165, 1.54) is 17.7 Å². The van der Waals surface area contributed by atoms with E-state index in [-0.39, 0.29) is 5.92 Å². The van der Waals surface area contributed by atoms with Crippen LogP contribution in [0.25, 0.3) is 0 Å². The van der Waals surface area contributed by atoms with E-state index in [1.807, 2.05) is 0 Å². The molecule has 1 aliphatic carbocycles. The van der Waals surface area contributed by atoms with E-state index in [4.69, 9.17) is 0 Å². The van der Waals surface area contributed by atoms with Gasteiger partial charge in [0.25, 0.3) is 0 Å². The van der Waals surface area contributed by atoms with Crippen LogP contribution < -0.4 is 0 Å². The maximum absolute atomic E-state index is 11.4. The molecule has 0 aliphatic heterocycles. The zero-order valence-corrected chi connectivity index (χ0v) is 13.7. The summed E-state index contributed by atoms with van der Waals surface area (Å²) in [5.41, 5.74) is 0. The van der Waals surface area contributed by atoms with Gasteiger partial charge in [0.1, 0.15) is 0 Å². The number of carbonyl (C=O) groups is 1. The minimum atomic E-state index is -0.604. The third-order valence-electron chi connectivity index (χ3n) is 4.24. The van der Waals surface area contributed by atoms with Crippen LogP contribution in [0.3, 0.4) is 0 Å². The summed E-state index contributed by atoms with van der Waals surface area (Å²) in [5, 5.41) is 11.5. The maximum Gasteiger partial charge on any atom is 0.306 e. The van der Waals surface area contributed by atoms with E-state index in [2.05, 4.69) is 34.3 Å². The van der Waals surface area contributed by atoms with Crippen molar-refractivity contribution in [3.05, 3.63) is 20.8 Å². The van der Waals surface area contributed by atoms with Crippen molar-refractivity contribution < 1.29 is 9.90 Å². The van der Waals surface area contributed by atoms with Gasteiger partial charge in [-0.25, -0.2) is 0 Å². The van der Waals surface area contributed by atoms with Crippen LogP contribution in [0.4, 0.5) is 0 Å². The molecular formula is C15H21BrO2S. The van der Waals surface area contributed by atoms with Gasteiger partial charge in [-0.1, -0.05) is 19.8 Å².